The molecule has 134 valence electrons. The Morgan fingerprint density at radius 3 is 2.46 bits per heavy atom. The number of anilines is 1. The summed E-state index contributed by atoms with van der Waals surface area (Å²) in [6.07, 6.45) is 0.609. The van der Waals surface area contributed by atoms with Gasteiger partial charge in [0.2, 0.25) is 5.91 Å². The molecule has 0 fully saturated rings. The molecule has 1 N–H and O–H groups in total. The molecule has 6 heteroatoms. The lowest BCUT2D eigenvalue weighted by Crippen LogP contribution is -2.38. The van der Waals surface area contributed by atoms with Crippen molar-refractivity contribution in [1.29, 1.82) is 0 Å². The fourth-order valence-electron chi connectivity index (χ4n) is 2.63. The van der Waals surface area contributed by atoms with Crippen LogP contribution in [0.4, 0.5) is 5.69 Å². The Morgan fingerprint density at radius 1 is 1.12 bits per heavy atom. The molecule has 2 aromatic rings. The van der Waals surface area contributed by atoms with Crippen LogP contribution >= 0.6 is 0 Å². The van der Waals surface area contributed by atoms with Gasteiger partial charge in [-0.1, -0.05) is 29.8 Å². The number of benzene rings is 2. The summed E-state index contributed by atoms with van der Waals surface area (Å²) < 4.78 is 5.12. The van der Waals surface area contributed by atoms with Gasteiger partial charge in [-0.25, -0.2) is 5.01 Å². The monoisotopic (exact) mass is 351 g/mol. The van der Waals surface area contributed by atoms with Gasteiger partial charge in [-0.05, 0) is 36.8 Å². The highest BCUT2D eigenvalue weighted by atomic mass is 16.5. The van der Waals surface area contributed by atoms with Crippen molar-refractivity contribution >= 4 is 23.2 Å². The number of nitrogens with one attached hydrogen (secondary N) is 1. The fraction of sp³-hybridized carbons (Fsp3) is 0.250. The molecule has 0 radical (unpaired) electrons. The van der Waals surface area contributed by atoms with Gasteiger partial charge in [-0.2, -0.15) is 5.10 Å². The van der Waals surface area contributed by atoms with E-state index in [0.29, 0.717) is 24.4 Å². The van der Waals surface area contributed by atoms with Crippen LogP contribution in [-0.2, 0) is 16.1 Å². The van der Waals surface area contributed by atoms with Gasteiger partial charge in [0.15, 0.2) is 0 Å². The minimum Gasteiger partial charge on any atom is -0.497 e. The second-order valence-electron chi connectivity index (χ2n) is 6.12. The average molecular weight is 351 g/mol. The molecule has 0 spiro atoms. The van der Waals surface area contributed by atoms with Crippen LogP contribution in [0, 0.1) is 6.92 Å². The SMILES string of the molecule is COc1ccc(CNC(=O)C2=NN(c3ccc(C)cc3)C(=O)CC2)cc1. The zero-order chi connectivity index (χ0) is 18.5. The van der Waals surface area contributed by atoms with Gasteiger partial charge in [0.05, 0.1) is 12.8 Å². The third-order valence-corrected chi connectivity index (χ3v) is 4.19. The molecule has 0 atom stereocenters. The Bertz CT molecular complexity index is 826. The first-order valence-electron chi connectivity index (χ1n) is 8.45. The Balaban J connectivity index is 1.68. The minimum absolute atomic E-state index is 0.111. The standard InChI is InChI=1S/C20H21N3O3/c1-14-3-7-16(8-4-14)23-19(24)12-11-18(22-23)20(25)21-13-15-5-9-17(26-2)10-6-15/h3-10H,11-13H2,1-2H3,(H,21,25). The van der Waals surface area contributed by atoms with Crippen molar-refractivity contribution < 1.29 is 14.3 Å². The van der Waals surface area contributed by atoms with E-state index >= 15 is 0 Å². The Kier molecular flexibility index (Phi) is 5.31. The fourth-order valence-corrected chi connectivity index (χ4v) is 2.63. The first-order chi connectivity index (χ1) is 12.6. The highest BCUT2D eigenvalue weighted by Crippen LogP contribution is 2.20. The first-order valence-corrected chi connectivity index (χ1v) is 8.45. The molecule has 0 aromatic heterocycles. The summed E-state index contributed by atoms with van der Waals surface area (Å²) in [5, 5.41) is 8.44. The second kappa shape index (κ2) is 7.82. The van der Waals surface area contributed by atoms with Crippen LogP contribution in [0.5, 0.6) is 5.75 Å². The summed E-state index contributed by atoms with van der Waals surface area (Å²) in [5.41, 5.74) is 3.08. The van der Waals surface area contributed by atoms with Crippen LogP contribution in [0.15, 0.2) is 53.6 Å². The second-order valence-corrected chi connectivity index (χ2v) is 6.12. The van der Waals surface area contributed by atoms with Gasteiger partial charge >= 0.3 is 0 Å². The van der Waals surface area contributed by atoms with Crippen molar-refractivity contribution in [2.45, 2.75) is 26.3 Å². The predicted molar refractivity (Wildman–Crippen MR) is 100 cm³/mol. The lowest BCUT2D eigenvalue weighted by atomic mass is 10.1. The van der Waals surface area contributed by atoms with Crippen LogP contribution in [0.2, 0.25) is 0 Å². The number of rotatable bonds is 5. The zero-order valence-electron chi connectivity index (χ0n) is 14.9. The third kappa shape index (κ3) is 4.08. The Labute approximate surface area is 152 Å². The highest BCUT2D eigenvalue weighted by molar-refractivity contribution is 6.40. The summed E-state index contributed by atoms with van der Waals surface area (Å²) in [4.78, 5) is 24.6. The molecular weight excluding hydrogens is 330 g/mol. The molecule has 0 bridgehead atoms. The minimum atomic E-state index is -0.259. The van der Waals surface area contributed by atoms with Crippen molar-refractivity contribution in [3.05, 3.63) is 59.7 Å². The molecule has 6 nitrogen and oxygen atoms in total. The van der Waals surface area contributed by atoms with Gasteiger partial charge in [-0.3, -0.25) is 9.59 Å². The third-order valence-electron chi connectivity index (χ3n) is 4.19. The molecule has 26 heavy (non-hydrogen) atoms. The number of nitrogens with zero attached hydrogens (tertiary/aromatic N) is 2. The molecule has 1 aliphatic rings. The maximum Gasteiger partial charge on any atom is 0.267 e. The van der Waals surface area contributed by atoms with Crippen molar-refractivity contribution in [1.82, 2.24) is 5.32 Å². The molecule has 1 aliphatic heterocycles. The summed E-state index contributed by atoms with van der Waals surface area (Å²) in [5.74, 6) is 0.398. The van der Waals surface area contributed by atoms with Crippen molar-refractivity contribution in [2.24, 2.45) is 5.10 Å². The number of hydrogen-bond acceptors (Lipinski definition) is 4. The van der Waals surface area contributed by atoms with E-state index in [1.165, 1.54) is 5.01 Å². The van der Waals surface area contributed by atoms with Crippen LogP contribution < -0.4 is 15.1 Å². The molecule has 0 saturated heterocycles. The van der Waals surface area contributed by atoms with Crippen LogP contribution in [-0.4, -0.2) is 24.6 Å². The molecule has 0 aliphatic carbocycles. The van der Waals surface area contributed by atoms with E-state index < -0.39 is 0 Å². The quantitative estimate of drug-likeness (QED) is 0.900. The average Bonchev–Trinajstić information content (AvgIpc) is 2.67. The number of ether oxygens (including phenoxy) is 1. The van der Waals surface area contributed by atoms with E-state index in [1.807, 2.05) is 55.5 Å². The predicted octanol–water partition coefficient (Wildman–Crippen LogP) is 2.80. The van der Waals surface area contributed by atoms with Gasteiger partial charge in [-0.15, -0.1) is 0 Å². The zero-order valence-corrected chi connectivity index (χ0v) is 14.9. The maximum atomic E-state index is 12.4. The summed E-state index contributed by atoms with van der Waals surface area (Å²) >= 11 is 0. The topological polar surface area (TPSA) is 71.0 Å². The van der Waals surface area contributed by atoms with Crippen molar-refractivity contribution in [2.75, 3.05) is 12.1 Å². The number of carbonyl (C=O) groups excluding carboxylic acids is 2. The molecule has 2 aromatic carbocycles. The van der Waals surface area contributed by atoms with Crippen LogP contribution in [0.1, 0.15) is 24.0 Å². The molecule has 0 unspecified atom stereocenters. The highest BCUT2D eigenvalue weighted by Gasteiger charge is 2.25. The maximum absolute atomic E-state index is 12.4. The summed E-state index contributed by atoms with van der Waals surface area (Å²) in [6, 6.07) is 15.0. The van der Waals surface area contributed by atoms with E-state index in [9.17, 15) is 9.59 Å². The molecule has 2 amide bonds. The summed E-state index contributed by atoms with van der Waals surface area (Å²) in [6.45, 7) is 2.36. The number of hydrogen-bond donors (Lipinski definition) is 1. The molecule has 3 rings (SSSR count). The molecular formula is C20H21N3O3. The molecule has 0 saturated carbocycles. The Hall–Kier alpha value is -3.15. The summed E-state index contributed by atoms with van der Waals surface area (Å²) in [7, 11) is 1.61. The van der Waals surface area contributed by atoms with Gasteiger partial charge in [0.25, 0.3) is 5.91 Å². The molecule has 1 heterocycles. The van der Waals surface area contributed by atoms with Crippen LogP contribution in [0.3, 0.4) is 0 Å². The lowest BCUT2D eigenvalue weighted by Gasteiger charge is -2.23. The lowest BCUT2D eigenvalue weighted by molar-refractivity contribution is -0.119. The number of aryl methyl sites for hydroxylation is 1. The van der Waals surface area contributed by atoms with E-state index in [4.69, 9.17) is 4.74 Å². The van der Waals surface area contributed by atoms with E-state index in [-0.39, 0.29) is 18.2 Å². The van der Waals surface area contributed by atoms with Crippen LogP contribution in [0.25, 0.3) is 0 Å². The van der Waals surface area contributed by atoms with Gasteiger partial charge in [0, 0.05) is 19.4 Å². The van der Waals surface area contributed by atoms with E-state index in [1.54, 1.807) is 7.11 Å². The normalized spacial score (nSPS) is 14.0. The van der Waals surface area contributed by atoms with Gasteiger partial charge in [0.1, 0.15) is 11.5 Å². The van der Waals surface area contributed by atoms with Crippen molar-refractivity contribution in [3.8, 4) is 5.75 Å². The van der Waals surface area contributed by atoms with E-state index in [2.05, 4.69) is 10.4 Å². The van der Waals surface area contributed by atoms with E-state index in [0.717, 1.165) is 16.9 Å². The number of carbonyl (C=O) groups is 2. The van der Waals surface area contributed by atoms with Crippen molar-refractivity contribution in [3.63, 3.8) is 0 Å². The largest absolute Gasteiger partial charge is 0.497 e. The Morgan fingerprint density at radius 2 is 1.81 bits per heavy atom. The number of hydrazone groups is 1. The number of methoxy groups -OCH3 is 1. The van der Waals surface area contributed by atoms with Gasteiger partial charge < -0.3 is 10.1 Å². The number of amides is 2. The first kappa shape index (κ1) is 17.7. The smallest absolute Gasteiger partial charge is 0.267 e.